The van der Waals surface area contributed by atoms with Crippen molar-refractivity contribution in [1.82, 2.24) is 10.1 Å². The van der Waals surface area contributed by atoms with Crippen LogP contribution >= 0.6 is 0 Å². The summed E-state index contributed by atoms with van der Waals surface area (Å²) in [5, 5.41) is 12.0. The molecule has 2 aromatic carbocycles. The van der Waals surface area contributed by atoms with Crippen LogP contribution in [0.5, 0.6) is 0 Å². The van der Waals surface area contributed by atoms with E-state index in [9.17, 15) is 21.6 Å². The van der Waals surface area contributed by atoms with Crippen LogP contribution in [0.3, 0.4) is 0 Å². The molecule has 0 unspecified atom stereocenters. The number of nitriles is 1. The van der Waals surface area contributed by atoms with E-state index in [1.807, 2.05) is 6.07 Å². The lowest BCUT2D eigenvalue weighted by Gasteiger charge is -2.09. The number of anilines is 1. The Morgan fingerprint density at radius 2 is 1.86 bits per heavy atom. The standard InChI is InChI=1S/C17H11F3N4O3S/c18-17(19,20)16-22-15(23-27-16)12-4-6-13(7-5-12)24-28(25,26)14-3-1-2-11(10-14)8-9-21/h1-7,10,24H,8H2. The zero-order valence-electron chi connectivity index (χ0n) is 13.9. The molecule has 3 rings (SSSR count). The van der Waals surface area contributed by atoms with Gasteiger partial charge in [0, 0.05) is 11.3 Å². The Hall–Kier alpha value is -3.39. The first kappa shape index (κ1) is 19.4. The quantitative estimate of drug-likeness (QED) is 0.691. The summed E-state index contributed by atoms with van der Waals surface area (Å²) in [5.74, 6) is -1.74. The van der Waals surface area contributed by atoms with Gasteiger partial charge in [0.25, 0.3) is 10.0 Å². The minimum atomic E-state index is -4.75. The van der Waals surface area contributed by atoms with Gasteiger partial charge in [-0.3, -0.25) is 4.72 Å². The minimum absolute atomic E-state index is 0.0164. The van der Waals surface area contributed by atoms with E-state index in [1.165, 1.54) is 42.5 Å². The Morgan fingerprint density at radius 1 is 1.14 bits per heavy atom. The lowest BCUT2D eigenvalue weighted by molar-refractivity contribution is -0.159. The van der Waals surface area contributed by atoms with Gasteiger partial charge in [0.15, 0.2) is 0 Å². The number of hydrogen-bond donors (Lipinski definition) is 1. The summed E-state index contributed by atoms with van der Waals surface area (Å²) in [6, 6.07) is 13.3. The van der Waals surface area contributed by atoms with Crippen LogP contribution in [0.25, 0.3) is 11.4 Å². The van der Waals surface area contributed by atoms with Crippen LogP contribution in [0.4, 0.5) is 18.9 Å². The third-order valence-corrected chi connectivity index (χ3v) is 4.93. The highest BCUT2D eigenvalue weighted by Gasteiger charge is 2.38. The molecule has 0 aliphatic rings. The Balaban J connectivity index is 1.79. The molecule has 28 heavy (non-hydrogen) atoms. The lowest BCUT2D eigenvalue weighted by atomic mass is 10.2. The number of alkyl halides is 3. The molecule has 0 bridgehead atoms. The summed E-state index contributed by atoms with van der Waals surface area (Å²) in [7, 11) is -3.90. The minimum Gasteiger partial charge on any atom is -0.329 e. The summed E-state index contributed by atoms with van der Waals surface area (Å²) >= 11 is 0. The molecule has 0 atom stereocenters. The second kappa shape index (κ2) is 7.32. The predicted molar refractivity (Wildman–Crippen MR) is 91.3 cm³/mol. The predicted octanol–water partition coefficient (Wildman–Crippen LogP) is 3.62. The van der Waals surface area contributed by atoms with Gasteiger partial charge in [-0.1, -0.05) is 17.3 Å². The summed E-state index contributed by atoms with van der Waals surface area (Å²) in [6.45, 7) is 0. The van der Waals surface area contributed by atoms with E-state index in [0.717, 1.165) is 0 Å². The molecule has 1 aromatic heterocycles. The van der Waals surface area contributed by atoms with Crippen LogP contribution in [-0.4, -0.2) is 18.6 Å². The molecule has 0 saturated heterocycles. The fourth-order valence-corrected chi connectivity index (χ4v) is 3.40. The molecular weight excluding hydrogens is 397 g/mol. The third-order valence-electron chi connectivity index (χ3n) is 3.56. The fourth-order valence-electron chi connectivity index (χ4n) is 2.27. The van der Waals surface area contributed by atoms with Crippen LogP contribution in [0, 0.1) is 11.3 Å². The number of nitrogens with zero attached hydrogens (tertiary/aromatic N) is 3. The highest BCUT2D eigenvalue weighted by atomic mass is 32.2. The van der Waals surface area contributed by atoms with Gasteiger partial charge in [0.1, 0.15) is 0 Å². The first-order valence-corrected chi connectivity index (χ1v) is 9.17. The molecule has 7 nitrogen and oxygen atoms in total. The first-order chi connectivity index (χ1) is 13.2. The Bertz CT molecular complexity index is 1130. The van der Waals surface area contributed by atoms with E-state index in [1.54, 1.807) is 6.07 Å². The zero-order chi connectivity index (χ0) is 20.4. The van der Waals surface area contributed by atoms with Crippen molar-refractivity contribution in [3.05, 3.63) is 60.0 Å². The Labute approximate surface area is 157 Å². The highest BCUT2D eigenvalue weighted by Crippen LogP contribution is 2.29. The van der Waals surface area contributed by atoms with Gasteiger partial charge in [0.05, 0.1) is 17.4 Å². The largest absolute Gasteiger partial charge is 0.471 e. The van der Waals surface area contributed by atoms with Crippen LogP contribution in [0.1, 0.15) is 11.5 Å². The highest BCUT2D eigenvalue weighted by molar-refractivity contribution is 7.92. The average molecular weight is 408 g/mol. The van der Waals surface area contributed by atoms with Crippen molar-refractivity contribution in [2.24, 2.45) is 0 Å². The van der Waals surface area contributed by atoms with Crippen molar-refractivity contribution in [1.29, 1.82) is 5.26 Å². The Kier molecular flexibility index (Phi) is 5.06. The number of sulfonamides is 1. The normalized spacial score (nSPS) is 11.8. The van der Waals surface area contributed by atoms with Gasteiger partial charge in [0.2, 0.25) is 5.82 Å². The van der Waals surface area contributed by atoms with E-state index in [0.29, 0.717) is 5.56 Å². The van der Waals surface area contributed by atoms with Gasteiger partial charge in [-0.2, -0.15) is 23.4 Å². The molecular formula is C17H11F3N4O3S. The van der Waals surface area contributed by atoms with Gasteiger partial charge >= 0.3 is 12.1 Å². The molecule has 0 aliphatic carbocycles. The average Bonchev–Trinajstić information content (AvgIpc) is 3.13. The van der Waals surface area contributed by atoms with Gasteiger partial charge < -0.3 is 4.52 Å². The number of aromatic nitrogens is 2. The number of rotatable bonds is 5. The molecule has 11 heteroatoms. The zero-order valence-corrected chi connectivity index (χ0v) is 14.8. The molecule has 0 saturated carbocycles. The van der Waals surface area contributed by atoms with Crippen LogP contribution in [-0.2, 0) is 22.6 Å². The first-order valence-electron chi connectivity index (χ1n) is 7.69. The van der Waals surface area contributed by atoms with Crippen molar-refractivity contribution in [2.75, 3.05) is 4.72 Å². The Morgan fingerprint density at radius 3 is 2.46 bits per heavy atom. The second-order valence-corrected chi connectivity index (χ2v) is 7.27. The molecule has 0 spiro atoms. The number of benzene rings is 2. The molecule has 144 valence electrons. The summed E-state index contributed by atoms with van der Waals surface area (Å²) < 4.78 is 69.0. The van der Waals surface area contributed by atoms with E-state index < -0.39 is 22.1 Å². The van der Waals surface area contributed by atoms with Crippen LogP contribution < -0.4 is 4.72 Å². The molecule has 3 aromatic rings. The number of halogens is 3. The SMILES string of the molecule is N#CCc1cccc(S(=O)(=O)Nc2ccc(-c3noc(C(F)(F)F)n3)cc2)c1. The molecule has 0 aliphatic heterocycles. The van der Waals surface area contributed by atoms with E-state index in [-0.39, 0.29) is 28.4 Å². The van der Waals surface area contributed by atoms with E-state index in [2.05, 4.69) is 19.4 Å². The van der Waals surface area contributed by atoms with Crippen molar-refractivity contribution in [3.63, 3.8) is 0 Å². The monoisotopic (exact) mass is 408 g/mol. The maximum atomic E-state index is 12.5. The van der Waals surface area contributed by atoms with Crippen LogP contribution in [0.15, 0.2) is 57.9 Å². The topological polar surface area (TPSA) is 109 Å². The van der Waals surface area contributed by atoms with Gasteiger partial charge in [-0.25, -0.2) is 8.42 Å². The van der Waals surface area contributed by atoms with E-state index in [4.69, 9.17) is 5.26 Å². The smallest absolute Gasteiger partial charge is 0.329 e. The lowest BCUT2D eigenvalue weighted by Crippen LogP contribution is -2.13. The van der Waals surface area contributed by atoms with Crippen molar-refractivity contribution in [3.8, 4) is 17.5 Å². The number of nitrogens with one attached hydrogen (secondary N) is 1. The fraction of sp³-hybridized carbons (Fsp3) is 0.118. The third kappa shape index (κ3) is 4.29. The van der Waals surface area contributed by atoms with Gasteiger partial charge in [-0.15, -0.1) is 0 Å². The van der Waals surface area contributed by atoms with Crippen molar-refractivity contribution in [2.45, 2.75) is 17.5 Å². The number of hydrogen-bond acceptors (Lipinski definition) is 6. The van der Waals surface area contributed by atoms with Crippen molar-refractivity contribution >= 4 is 15.7 Å². The molecule has 1 heterocycles. The summed E-state index contributed by atoms with van der Waals surface area (Å²) in [5.41, 5.74) is 0.963. The second-order valence-electron chi connectivity index (χ2n) is 5.59. The van der Waals surface area contributed by atoms with Crippen molar-refractivity contribution < 1.29 is 26.1 Å². The molecule has 0 fully saturated rings. The summed E-state index contributed by atoms with van der Waals surface area (Å²) in [6.07, 6.45) is -4.68. The van der Waals surface area contributed by atoms with Crippen LogP contribution in [0.2, 0.25) is 0 Å². The molecule has 1 N–H and O–H groups in total. The molecule has 0 amide bonds. The van der Waals surface area contributed by atoms with E-state index >= 15 is 0 Å². The molecule has 0 radical (unpaired) electrons. The maximum Gasteiger partial charge on any atom is 0.471 e. The summed E-state index contributed by atoms with van der Waals surface area (Å²) in [4.78, 5) is 3.25. The van der Waals surface area contributed by atoms with Gasteiger partial charge in [-0.05, 0) is 42.0 Å². The maximum absolute atomic E-state index is 12.5.